The number of benzene rings is 1. The largest absolute Gasteiger partial charge is 0.364 e. The molecule has 0 unspecified atom stereocenters. The zero-order chi connectivity index (χ0) is 15.4. The molecule has 1 aromatic carbocycles. The summed E-state index contributed by atoms with van der Waals surface area (Å²) in [6.07, 6.45) is 3.52. The van der Waals surface area contributed by atoms with Gasteiger partial charge in [-0.2, -0.15) is 0 Å². The number of amides is 1. The van der Waals surface area contributed by atoms with Crippen molar-refractivity contribution in [2.45, 2.75) is 46.0 Å². The van der Waals surface area contributed by atoms with Gasteiger partial charge in [0.15, 0.2) is 0 Å². The second kappa shape index (κ2) is 6.57. The van der Waals surface area contributed by atoms with Crippen LogP contribution in [0.25, 0.3) is 10.9 Å². The van der Waals surface area contributed by atoms with Crippen molar-refractivity contribution in [3.05, 3.63) is 35.0 Å². The molecule has 4 nitrogen and oxygen atoms in total. The summed E-state index contributed by atoms with van der Waals surface area (Å²) in [5.74, 6) is -0.159. The molecule has 0 saturated heterocycles. The Balaban J connectivity index is 2.24. The fourth-order valence-corrected chi connectivity index (χ4v) is 2.70. The van der Waals surface area contributed by atoms with Gasteiger partial charge in [0.1, 0.15) is 11.5 Å². The third kappa shape index (κ3) is 3.51. The van der Waals surface area contributed by atoms with Crippen LogP contribution < -0.4 is 5.73 Å². The quantitative estimate of drug-likeness (QED) is 0.819. The SMILES string of the molecule is CCCC(=O)CCCc1c(C(N)=O)[nH]c2ccc(C)cc12. The van der Waals surface area contributed by atoms with Crippen molar-refractivity contribution in [1.29, 1.82) is 0 Å². The van der Waals surface area contributed by atoms with E-state index >= 15 is 0 Å². The van der Waals surface area contributed by atoms with Crippen molar-refractivity contribution in [3.63, 3.8) is 0 Å². The third-order valence-corrected chi connectivity index (χ3v) is 3.72. The Morgan fingerprint density at radius 2 is 2.00 bits per heavy atom. The summed E-state index contributed by atoms with van der Waals surface area (Å²) < 4.78 is 0. The van der Waals surface area contributed by atoms with Crippen molar-refractivity contribution in [3.8, 4) is 0 Å². The van der Waals surface area contributed by atoms with Crippen LogP contribution in [0, 0.1) is 6.92 Å². The molecule has 1 heterocycles. The molecule has 0 spiro atoms. The zero-order valence-corrected chi connectivity index (χ0v) is 12.7. The number of aryl methyl sites for hydroxylation is 2. The average Bonchev–Trinajstić information content (AvgIpc) is 2.78. The normalized spacial score (nSPS) is 11.0. The smallest absolute Gasteiger partial charge is 0.265 e. The van der Waals surface area contributed by atoms with Crippen LogP contribution in [0.2, 0.25) is 0 Å². The van der Waals surface area contributed by atoms with Crippen LogP contribution in [-0.2, 0) is 11.2 Å². The second-order valence-corrected chi connectivity index (χ2v) is 5.53. The first-order chi connectivity index (χ1) is 10.0. The number of fused-ring (bicyclic) bond motifs is 1. The molecule has 2 aromatic rings. The second-order valence-electron chi connectivity index (χ2n) is 5.53. The lowest BCUT2D eigenvalue weighted by atomic mass is 10.0. The Kier molecular flexibility index (Phi) is 4.78. The highest BCUT2D eigenvalue weighted by molar-refractivity contribution is 6.00. The molecule has 0 fully saturated rings. The number of nitrogens with one attached hydrogen (secondary N) is 1. The number of hydrogen-bond donors (Lipinski definition) is 2. The molecule has 1 amide bonds. The number of carbonyl (C=O) groups is 2. The first kappa shape index (κ1) is 15.3. The van der Waals surface area contributed by atoms with E-state index in [9.17, 15) is 9.59 Å². The lowest BCUT2D eigenvalue weighted by Gasteiger charge is -2.03. The highest BCUT2D eigenvalue weighted by Gasteiger charge is 2.15. The maximum absolute atomic E-state index is 11.6. The van der Waals surface area contributed by atoms with E-state index in [0.29, 0.717) is 25.0 Å². The number of hydrogen-bond acceptors (Lipinski definition) is 2. The number of H-pyrrole nitrogens is 1. The summed E-state index contributed by atoms with van der Waals surface area (Å²) in [4.78, 5) is 26.3. The maximum atomic E-state index is 11.6. The fourth-order valence-electron chi connectivity index (χ4n) is 2.70. The molecule has 0 saturated carbocycles. The minimum atomic E-state index is -0.446. The van der Waals surface area contributed by atoms with Gasteiger partial charge < -0.3 is 10.7 Å². The first-order valence-corrected chi connectivity index (χ1v) is 7.45. The van der Waals surface area contributed by atoms with E-state index in [2.05, 4.69) is 11.1 Å². The molecule has 0 aliphatic carbocycles. The number of Topliss-reactive ketones (excluding diaryl/α,β-unsaturated/α-hetero) is 1. The molecule has 0 aliphatic heterocycles. The van der Waals surface area contributed by atoms with Crippen LogP contribution in [0.5, 0.6) is 0 Å². The number of aromatic nitrogens is 1. The van der Waals surface area contributed by atoms with Gasteiger partial charge in [-0.15, -0.1) is 0 Å². The van der Waals surface area contributed by atoms with Crippen molar-refractivity contribution in [2.24, 2.45) is 5.73 Å². The van der Waals surface area contributed by atoms with Crippen molar-refractivity contribution in [2.75, 3.05) is 0 Å². The molecule has 0 aliphatic rings. The summed E-state index contributed by atoms with van der Waals surface area (Å²) in [7, 11) is 0. The van der Waals surface area contributed by atoms with Crippen molar-refractivity contribution < 1.29 is 9.59 Å². The molecule has 0 atom stereocenters. The van der Waals surface area contributed by atoms with Gasteiger partial charge in [0.2, 0.25) is 0 Å². The van der Waals surface area contributed by atoms with Gasteiger partial charge in [-0.25, -0.2) is 0 Å². The Bertz CT molecular complexity index is 671. The van der Waals surface area contributed by atoms with Gasteiger partial charge in [0.25, 0.3) is 5.91 Å². The minimum Gasteiger partial charge on any atom is -0.364 e. The predicted octanol–water partition coefficient (Wildman–Crippen LogP) is 3.27. The summed E-state index contributed by atoms with van der Waals surface area (Å²) >= 11 is 0. The molecule has 1 aromatic heterocycles. The lowest BCUT2D eigenvalue weighted by Crippen LogP contribution is -2.13. The molecule has 21 heavy (non-hydrogen) atoms. The topological polar surface area (TPSA) is 76.0 Å². The Hall–Kier alpha value is -2.10. The van der Waals surface area contributed by atoms with Crippen LogP contribution in [0.1, 0.15) is 54.2 Å². The monoisotopic (exact) mass is 286 g/mol. The molecule has 4 heteroatoms. The van der Waals surface area contributed by atoms with Crippen LogP contribution in [-0.4, -0.2) is 16.7 Å². The average molecular weight is 286 g/mol. The van der Waals surface area contributed by atoms with Gasteiger partial charge >= 0.3 is 0 Å². The maximum Gasteiger partial charge on any atom is 0.265 e. The van der Waals surface area contributed by atoms with Gasteiger partial charge in [-0.1, -0.05) is 18.6 Å². The van der Waals surface area contributed by atoms with E-state index < -0.39 is 5.91 Å². The van der Waals surface area contributed by atoms with E-state index in [1.165, 1.54) is 0 Å². The highest BCUT2D eigenvalue weighted by atomic mass is 16.1. The summed E-state index contributed by atoms with van der Waals surface area (Å²) in [5, 5.41) is 1.03. The predicted molar refractivity (Wildman–Crippen MR) is 84.4 cm³/mol. The van der Waals surface area contributed by atoms with Crippen LogP contribution in [0.15, 0.2) is 18.2 Å². The fraction of sp³-hybridized carbons (Fsp3) is 0.412. The zero-order valence-electron chi connectivity index (χ0n) is 12.7. The van der Waals surface area contributed by atoms with Crippen LogP contribution in [0.4, 0.5) is 0 Å². The van der Waals surface area contributed by atoms with Gasteiger partial charge in [0, 0.05) is 23.7 Å². The van der Waals surface area contributed by atoms with Crippen LogP contribution >= 0.6 is 0 Å². The number of aromatic amines is 1. The summed E-state index contributed by atoms with van der Waals surface area (Å²) in [5.41, 5.74) is 8.93. The van der Waals surface area contributed by atoms with E-state index in [1.54, 1.807) is 0 Å². The number of ketones is 1. The molecule has 112 valence electrons. The van der Waals surface area contributed by atoms with E-state index in [4.69, 9.17) is 5.73 Å². The molecular formula is C17H22N2O2. The highest BCUT2D eigenvalue weighted by Crippen LogP contribution is 2.25. The Morgan fingerprint density at radius 1 is 1.24 bits per heavy atom. The molecule has 3 N–H and O–H groups in total. The molecule has 2 rings (SSSR count). The first-order valence-electron chi connectivity index (χ1n) is 7.45. The molecule has 0 bridgehead atoms. The summed E-state index contributed by atoms with van der Waals surface area (Å²) in [6, 6.07) is 6.02. The third-order valence-electron chi connectivity index (χ3n) is 3.72. The molecule has 0 radical (unpaired) electrons. The Morgan fingerprint density at radius 3 is 2.67 bits per heavy atom. The summed E-state index contributed by atoms with van der Waals surface area (Å²) in [6.45, 7) is 4.02. The van der Waals surface area contributed by atoms with Crippen molar-refractivity contribution in [1.82, 2.24) is 4.98 Å². The molecular weight excluding hydrogens is 264 g/mol. The Labute approximate surface area is 124 Å². The number of nitrogens with two attached hydrogens (primary N) is 1. The van der Waals surface area contributed by atoms with E-state index in [-0.39, 0.29) is 5.78 Å². The number of primary amides is 1. The standard InChI is InChI=1S/C17H22N2O2/c1-3-5-12(20)6-4-7-13-14-10-11(2)8-9-15(14)19-16(13)17(18)21/h8-10,19H,3-7H2,1-2H3,(H2,18,21). The van der Waals surface area contributed by atoms with Gasteiger partial charge in [-0.3, -0.25) is 9.59 Å². The van der Waals surface area contributed by atoms with E-state index in [1.807, 2.05) is 26.0 Å². The van der Waals surface area contributed by atoms with E-state index in [0.717, 1.165) is 34.9 Å². The number of rotatable bonds is 7. The minimum absolute atomic E-state index is 0.286. The van der Waals surface area contributed by atoms with Gasteiger partial charge in [0.05, 0.1) is 0 Å². The van der Waals surface area contributed by atoms with Gasteiger partial charge in [-0.05, 0) is 43.9 Å². The number of carbonyl (C=O) groups excluding carboxylic acids is 2. The van der Waals surface area contributed by atoms with Crippen LogP contribution in [0.3, 0.4) is 0 Å². The lowest BCUT2D eigenvalue weighted by molar-refractivity contribution is -0.119. The van der Waals surface area contributed by atoms with Crippen molar-refractivity contribution >= 4 is 22.6 Å².